The summed E-state index contributed by atoms with van der Waals surface area (Å²) in [4.78, 5) is 13.6. The summed E-state index contributed by atoms with van der Waals surface area (Å²) in [5.41, 5.74) is 1.64. The number of nitrogens with zero attached hydrogens (tertiary/aromatic N) is 1. The van der Waals surface area contributed by atoms with E-state index in [9.17, 15) is 9.90 Å². The number of likely N-dealkylation sites (tertiary alicyclic amines) is 1. The van der Waals surface area contributed by atoms with Crippen LogP contribution in [0.25, 0.3) is 0 Å². The quantitative estimate of drug-likeness (QED) is 0.920. The molecule has 0 spiro atoms. The fraction of sp³-hybridized carbons (Fsp3) is 0.533. The number of carbonyl (C=O) groups is 1. The van der Waals surface area contributed by atoms with E-state index in [1.807, 2.05) is 32.0 Å². The molecule has 1 aromatic rings. The Labute approximate surface area is 119 Å². The molecule has 1 atom stereocenters. The molecule has 0 saturated carbocycles. The van der Waals surface area contributed by atoms with Gasteiger partial charge in [-0.05, 0) is 43.5 Å². The van der Waals surface area contributed by atoms with Crippen molar-refractivity contribution in [3.63, 3.8) is 0 Å². The van der Waals surface area contributed by atoms with Crippen LogP contribution in [-0.4, -0.2) is 29.1 Å². The van der Waals surface area contributed by atoms with Gasteiger partial charge < -0.3 is 5.11 Å². The lowest BCUT2D eigenvalue weighted by Crippen LogP contribution is -2.33. The van der Waals surface area contributed by atoms with Crippen molar-refractivity contribution < 1.29 is 9.90 Å². The van der Waals surface area contributed by atoms with E-state index >= 15 is 0 Å². The molecule has 2 rings (SSSR count). The van der Waals surface area contributed by atoms with Gasteiger partial charge in [0, 0.05) is 18.1 Å². The van der Waals surface area contributed by atoms with Crippen LogP contribution in [0.4, 0.5) is 0 Å². The Bertz CT molecular complexity index is 489. The number of benzene rings is 1. The molecule has 0 bridgehead atoms. The second-order valence-electron chi connectivity index (χ2n) is 5.49. The van der Waals surface area contributed by atoms with Crippen molar-refractivity contribution in [2.45, 2.75) is 33.2 Å². The van der Waals surface area contributed by atoms with Crippen LogP contribution in [0.2, 0.25) is 5.02 Å². The van der Waals surface area contributed by atoms with Crippen LogP contribution in [0.15, 0.2) is 18.2 Å². The molecule has 1 saturated heterocycles. The third-order valence-electron chi connectivity index (χ3n) is 4.17. The topological polar surface area (TPSA) is 40.5 Å². The van der Waals surface area contributed by atoms with E-state index in [-0.39, 0.29) is 0 Å². The van der Waals surface area contributed by atoms with Gasteiger partial charge >= 0.3 is 5.97 Å². The van der Waals surface area contributed by atoms with Crippen LogP contribution >= 0.6 is 11.6 Å². The molecule has 0 amide bonds. The first-order chi connectivity index (χ1) is 8.97. The number of rotatable bonds is 4. The Morgan fingerprint density at radius 2 is 2.26 bits per heavy atom. The van der Waals surface area contributed by atoms with Crippen molar-refractivity contribution in [1.82, 2.24) is 4.90 Å². The fourth-order valence-electron chi connectivity index (χ4n) is 2.73. The van der Waals surface area contributed by atoms with Crippen molar-refractivity contribution in [1.29, 1.82) is 0 Å². The van der Waals surface area contributed by atoms with E-state index in [0.29, 0.717) is 13.0 Å². The Morgan fingerprint density at radius 3 is 2.79 bits per heavy atom. The molecule has 19 heavy (non-hydrogen) atoms. The van der Waals surface area contributed by atoms with Gasteiger partial charge in [0.15, 0.2) is 0 Å². The third kappa shape index (κ3) is 2.93. The summed E-state index contributed by atoms with van der Waals surface area (Å²) < 4.78 is 0. The molecule has 4 heteroatoms. The van der Waals surface area contributed by atoms with Gasteiger partial charge in [-0.3, -0.25) is 9.69 Å². The van der Waals surface area contributed by atoms with Gasteiger partial charge in [0.05, 0.1) is 5.41 Å². The molecule has 1 aliphatic rings. The SMILES string of the molecule is CCC1(C(=O)O)CCN(Cc2ccc(C)cc2Cl)C1. The van der Waals surface area contributed by atoms with Gasteiger partial charge in [0.25, 0.3) is 0 Å². The van der Waals surface area contributed by atoms with E-state index in [0.717, 1.165) is 35.7 Å². The van der Waals surface area contributed by atoms with Gasteiger partial charge in [-0.1, -0.05) is 30.7 Å². The predicted molar refractivity (Wildman–Crippen MR) is 76.4 cm³/mol. The zero-order valence-corrected chi connectivity index (χ0v) is 12.2. The standard InChI is InChI=1S/C15H20ClNO2/c1-3-15(14(18)19)6-7-17(10-15)9-12-5-4-11(2)8-13(12)16/h4-5,8H,3,6-7,9-10H2,1-2H3,(H,18,19). The lowest BCUT2D eigenvalue weighted by atomic mass is 9.84. The first-order valence-electron chi connectivity index (χ1n) is 6.67. The van der Waals surface area contributed by atoms with Crippen LogP contribution in [0, 0.1) is 12.3 Å². The predicted octanol–water partition coefficient (Wildman–Crippen LogP) is 3.34. The third-order valence-corrected chi connectivity index (χ3v) is 4.52. The fourth-order valence-corrected chi connectivity index (χ4v) is 3.02. The minimum Gasteiger partial charge on any atom is -0.481 e. The normalized spacial score (nSPS) is 23.7. The molecule has 1 aliphatic heterocycles. The maximum absolute atomic E-state index is 11.4. The minimum absolute atomic E-state index is 0.572. The highest BCUT2D eigenvalue weighted by molar-refractivity contribution is 6.31. The molecule has 0 aliphatic carbocycles. The lowest BCUT2D eigenvalue weighted by Gasteiger charge is -2.23. The number of aliphatic carboxylic acids is 1. The number of hydrogen-bond donors (Lipinski definition) is 1. The zero-order chi connectivity index (χ0) is 14.0. The largest absolute Gasteiger partial charge is 0.481 e. The molecule has 1 aromatic carbocycles. The number of carboxylic acid groups (broad SMARTS) is 1. The van der Waals surface area contributed by atoms with Crippen LogP contribution in [0.1, 0.15) is 30.9 Å². The monoisotopic (exact) mass is 281 g/mol. The highest BCUT2D eigenvalue weighted by atomic mass is 35.5. The van der Waals surface area contributed by atoms with Crippen LogP contribution in [0.3, 0.4) is 0 Å². The van der Waals surface area contributed by atoms with Gasteiger partial charge in [0.2, 0.25) is 0 Å². The minimum atomic E-state index is -0.674. The number of aryl methyl sites for hydroxylation is 1. The molecule has 1 heterocycles. The molecular weight excluding hydrogens is 262 g/mol. The first kappa shape index (κ1) is 14.4. The second kappa shape index (κ2) is 5.51. The summed E-state index contributed by atoms with van der Waals surface area (Å²) in [6.45, 7) is 6.13. The molecule has 3 nitrogen and oxygen atoms in total. The zero-order valence-electron chi connectivity index (χ0n) is 11.4. The summed E-state index contributed by atoms with van der Waals surface area (Å²) >= 11 is 6.23. The summed E-state index contributed by atoms with van der Waals surface area (Å²) in [6, 6.07) is 6.03. The molecular formula is C15H20ClNO2. The summed E-state index contributed by atoms with van der Waals surface area (Å²) in [5, 5.41) is 10.2. The number of carboxylic acids is 1. The summed E-state index contributed by atoms with van der Waals surface area (Å²) in [7, 11) is 0. The average molecular weight is 282 g/mol. The van der Waals surface area contributed by atoms with Gasteiger partial charge in [-0.15, -0.1) is 0 Å². The molecule has 0 aromatic heterocycles. The van der Waals surface area contributed by atoms with E-state index in [1.165, 1.54) is 0 Å². The Balaban J connectivity index is 2.08. The number of hydrogen-bond acceptors (Lipinski definition) is 2. The van der Waals surface area contributed by atoms with Crippen molar-refractivity contribution in [2.24, 2.45) is 5.41 Å². The van der Waals surface area contributed by atoms with Gasteiger partial charge in [-0.2, -0.15) is 0 Å². The van der Waals surface area contributed by atoms with Gasteiger partial charge in [0.1, 0.15) is 0 Å². The van der Waals surface area contributed by atoms with Crippen LogP contribution in [-0.2, 0) is 11.3 Å². The maximum Gasteiger partial charge on any atom is 0.310 e. The lowest BCUT2D eigenvalue weighted by molar-refractivity contribution is -0.148. The summed E-state index contributed by atoms with van der Waals surface area (Å²) in [6.07, 6.45) is 1.41. The maximum atomic E-state index is 11.4. The highest BCUT2D eigenvalue weighted by Crippen LogP contribution is 2.35. The van der Waals surface area contributed by atoms with Crippen LogP contribution in [0.5, 0.6) is 0 Å². The Hall–Kier alpha value is -1.06. The number of halogens is 1. The highest BCUT2D eigenvalue weighted by Gasteiger charge is 2.43. The van der Waals surface area contributed by atoms with Crippen LogP contribution < -0.4 is 0 Å². The first-order valence-corrected chi connectivity index (χ1v) is 7.05. The van der Waals surface area contributed by atoms with E-state index in [2.05, 4.69) is 4.90 Å². The summed E-state index contributed by atoms with van der Waals surface area (Å²) in [5.74, 6) is -0.674. The van der Waals surface area contributed by atoms with E-state index < -0.39 is 11.4 Å². The van der Waals surface area contributed by atoms with Crippen molar-refractivity contribution >= 4 is 17.6 Å². The van der Waals surface area contributed by atoms with Crippen molar-refractivity contribution in [3.05, 3.63) is 34.3 Å². The Morgan fingerprint density at radius 1 is 1.53 bits per heavy atom. The molecule has 1 N–H and O–H groups in total. The molecule has 0 radical (unpaired) electrons. The average Bonchev–Trinajstić information content (AvgIpc) is 2.77. The molecule has 1 unspecified atom stereocenters. The van der Waals surface area contributed by atoms with Gasteiger partial charge in [-0.25, -0.2) is 0 Å². The van der Waals surface area contributed by atoms with E-state index in [4.69, 9.17) is 11.6 Å². The molecule has 104 valence electrons. The Kier molecular flexibility index (Phi) is 4.16. The van der Waals surface area contributed by atoms with Crippen molar-refractivity contribution in [2.75, 3.05) is 13.1 Å². The van der Waals surface area contributed by atoms with Crippen molar-refractivity contribution in [3.8, 4) is 0 Å². The second-order valence-corrected chi connectivity index (χ2v) is 5.90. The van der Waals surface area contributed by atoms with E-state index in [1.54, 1.807) is 0 Å². The molecule has 1 fully saturated rings. The smallest absolute Gasteiger partial charge is 0.310 e.